The second-order valence-electron chi connectivity index (χ2n) is 6.13. The fraction of sp³-hybridized carbons (Fsp3) is 0.421. The summed E-state index contributed by atoms with van der Waals surface area (Å²) in [5.41, 5.74) is 2.19. The van der Waals surface area contributed by atoms with Crippen LogP contribution in [0.15, 0.2) is 30.5 Å². The zero-order valence-electron chi connectivity index (χ0n) is 14.6. The highest BCUT2D eigenvalue weighted by Crippen LogP contribution is 2.33. The van der Waals surface area contributed by atoms with Crippen molar-refractivity contribution in [2.45, 2.75) is 19.8 Å². The maximum absolute atomic E-state index is 12.4. The van der Waals surface area contributed by atoms with Crippen molar-refractivity contribution < 1.29 is 14.3 Å². The van der Waals surface area contributed by atoms with Gasteiger partial charge in [-0.25, -0.2) is 4.79 Å². The van der Waals surface area contributed by atoms with Crippen molar-refractivity contribution in [1.29, 1.82) is 0 Å². The Kier molecular flexibility index (Phi) is 5.16. The number of nitrogens with one attached hydrogen (secondary N) is 1. The van der Waals surface area contributed by atoms with Gasteiger partial charge in [-0.1, -0.05) is 18.2 Å². The Balaban J connectivity index is 1.97. The third-order valence-electron chi connectivity index (χ3n) is 4.67. The molecule has 1 aliphatic rings. The van der Waals surface area contributed by atoms with Gasteiger partial charge in [-0.3, -0.25) is 9.78 Å². The average molecular weight is 341 g/mol. The van der Waals surface area contributed by atoms with E-state index in [0.717, 1.165) is 42.5 Å². The number of amides is 1. The van der Waals surface area contributed by atoms with Gasteiger partial charge in [0.2, 0.25) is 5.91 Å². The molecule has 6 heteroatoms. The summed E-state index contributed by atoms with van der Waals surface area (Å²) in [5.74, 6) is -0.241. The van der Waals surface area contributed by atoms with E-state index in [0.29, 0.717) is 12.2 Å². The highest BCUT2D eigenvalue weighted by atomic mass is 16.5. The van der Waals surface area contributed by atoms with E-state index >= 15 is 0 Å². The summed E-state index contributed by atoms with van der Waals surface area (Å²) >= 11 is 0. The first-order valence-corrected chi connectivity index (χ1v) is 8.67. The van der Waals surface area contributed by atoms with Gasteiger partial charge in [0.1, 0.15) is 5.56 Å². The van der Waals surface area contributed by atoms with Crippen molar-refractivity contribution in [3.05, 3.63) is 36.0 Å². The fourth-order valence-corrected chi connectivity index (χ4v) is 3.40. The number of piperidine rings is 1. The van der Waals surface area contributed by atoms with E-state index < -0.39 is 0 Å². The summed E-state index contributed by atoms with van der Waals surface area (Å²) in [6.45, 7) is 3.56. The second kappa shape index (κ2) is 7.51. The summed E-state index contributed by atoms with van der Waals surface area (Å²) in [6.07, 6.45) is 3.12. The molecule has 132 valence electrons. The van der Waals surface area contributed by atoms with Crippen LogP contribution in [0.5, 0.6) is 0 Å². The first-order chi connectivity index (χ1) is 12.2. The number of esters is 1. The maximum Gasteiger partial charge on any atom is 0.341 e. The summed E-state index contributed by atoms with van der Waals surface area (Å²) in [6, 6.07) is 7.79. The number of carbonyl (C=O) groups is 2. The zero-order valence-corrected chi connectivity index (χ0v) is 14.6. The minimum atomic E-state index is -0.357. The molecule has 1 amide bonds. The lowest BCUT2D eigenvalue weighted by molar-refractivity contribution is -0.125. The van der Waals surface area contributed by atoms with E-state index in [2.05, 4.69) is 15.2 Å². The van der Waals surface area contributed by atoms with E-state index in [-0.39, 0.29) is 17.8 Å². The number of hydrogen-bond donors (Lipinski definition) is 1. The Labute approximate surface area is 147 Å². The molecule has 0 aliphatic carbocycles. The van der Waals surface area contributed by atoms with E-state index in [1.165, 1.54) is 0 Å². The van der Waals surface area contributed by atoms with Crippen LogP contribution in [0, 0.1) is 5.92 Å². The number of fused-ring (bicyclic) bond motifs is 1. The molecule has 6 nitrogen and oxygen atoms in total. The van der Waals surface area contributed by atoms with Crippen LogP contribution in [0.1, 0.15) is 30.1 Å². The van der Waals surface area contributed by atoms with Crippen LogP contribution >= 0.6 is 0 Å². The van der Waals surface area contributed by atoms with Crippen LogP contribution in [0.4, 0.5) is 5.69 Å². The number of carbonyl (C=O) groups excluding carboxylic acids is 2. The first kappa shape index (κ1) is 17.2. The first-order valence-electron chi connectivity index (χ1n) is 8.67. The van der Waals surface area contributed by atoms with Gasteiger partial charge in [-0.2, -0.15) is 0 Å². The minimum Gasteiger partial charge on any atom is -0.462 e. The SMILES string of the molecule is CCOC(=O)c1cnc2ccccc2c1N1CCC(C(=O)NC)CC1. The number of pyridine rings is 1. The standard InChI is InChI=1S/C19H23N3O3/c1-3-25-19(24)15-12-21-16-7-5-4-6-14(16)17(15)22-10-8-13(9-11-22)18(23)20-2/h4-7,12-13H,3,8-11H2,1-2H3,(H,20,23). The molecule has 0 saturated carbocycles. The molecular formula is C19H23N3O3. The van der Waals surface area contributed by atoms with Gasteiger partial charge in [0.25, 0.3) is 0 Å². The molecule has 1 saturated heterocycles. The van der Waals surface area contributed by atoms with E-state index in [4.69, 9.17) is 4.74 Å². The summed E-state index contributed by atoms with van der Waals surface area (Å²) in [5, 5.41) is 3.66. The monoisotopic (exact) mass is 341 g/mol. The molecule has 0 radical (unpaired) electrons. The number of para-hydroxylation sites is 1. The summed E-state index contributed by atoms with van der Waals surface area (Å²) in [7, 11) is 1.67. The quantitative estimate of drug-likeness (QED) is 0.865. The molecule has 1 aromatic heterocycles. The molecule has 1 fully saturated rings. The third kappa shape index (κ3) is 3.43. The second-order valence-corrected chi connectivity index (χ2v) is 6.13. The highest BCUT2D eigenvalue weighted by molar-refractivity contribution is 6.05. The van der Waals surface area contributed by atoms with Gasteiger partial charge in [-0.15, -0.1) is 0 Å². The van der Waals surface area contributed by atoms with Gasteiger partial charge in [-0.05, 0) is 25.8 Å². The Bertz CT molecular complexity index is 783. The van der Waals surface area contributed by atoms with Gasteiger partial charge < -0.3 is 15.0 Å². The van der Waals surface area contributed by atoms with Gasteiger partial charge >= 0.3 is 5.97 Å². The lowest BCUT2D eigenvalue weighted by Crippen LogP contribution is -2.40. The summed E-state index contributed by atoms with van der Waals surface area (Å²) < 4.78 is 5.22. The molecule has 2 heterocycles. The van der Waals surface area contributed by atoms with Crippen LogP contribution < -0.4 is 10.2 Å². The predicted octanol–water partition coefficient (Wildman–Crippen LogP) is 2.37. The molecule has 1 N–H and O–H groups in total. The van der Waals surface area contributed by atoms with Crippen molar-refractivity contribution in [3.63, 3.8) is 0 Å². The van der Waals surface area contributed by atoms with Crippen LogP contribution in [0.2, 0.25) is 0 Å². The molecule has 0 atom stereocenters. The van der Waals surface area contributed by atoms with E-state index in [9.17, 15) is 9.59 Å². The number of benzene rings is 1. The largest absolute Gasteiger partial charge is 0.462 e. The van der Waals surface area contributed by atoms with Crippen molar-refractivity contribution in [3.8, 4) is 0 Å². The normalized spacial score (nSPS) is 15.2. The van der Waals surface area contributed by atoms with Gasteiger partial charge in [0, 0.05) is 37.6 Å². The number of ether oxygens (including phenoxy) is 1. The van der Waals surface area contributed by atoms with Crippen molar-refractivity contribution in [2.75, 3.05) is 31.6 Å². The zero-order chi connectivity index (χ0) is 17.8. The number of rotatable bonds is 4. The van der Waals surface area contributed by atoms with E-state index in [1.54, 1.807) is 20.2 Å². The predicted molar refractivity (Wildman–Crippen MR) is 96.7 cm³/mol. The number of nitrogens with zero attached hydrogens (tertiary/aromatic N) is 2. The Hall–Kier alpha value is -2.63. The van der Waals surface area contributed by atoms with Gasteiger partial charge in [0.15, 0.2) is 0 Å². The van der Waals surface area contributed by atoms with E-state index in [1.807, 2.05) is 24.3 Å². The van der Waals surface area contributed by atoms with Crippen molar-refractivity contribution in [2.24, 2.45) is 5.92 Å². The molecule has 1 aliphatic heterocycles. The smallest absolute Gasteiger partial charge is 0.341 e. The van der Waals surface area contributed by atoms with Crippen LogP contribution in [0.3, 0.4) is 0 Å². The Morgan fingerprint density at radius 3 is 2.68 bits per heavy atom. The lowest BCUT2D eigenvalue weighted by Gasteiger charge is -2.34. The minimum absolute atomic E-state index is 0.0281. The van der Waals surface area contributed by atoms with Crippen LogP contribution in [0.25, 0.3) is 10.9 Å². The third-order valence-corrected chi connectivity index (χ3v) is 4.67. The maximum atomic E-state index is 12.4. The average Bonchev–Trinajstić information content (AvgIpc) is 2.66. The molecule has 1 aromatic carbocycles. The molecule has 3 rings (SSSR count). The van der Waals surface area contributed by atoms with Crippen molar-refractivity contribution >= 4 is 28.5 Å². The Morgan fingerprint density at radius 1 is 1.28 bits per heavy atom. The molecule has 25 heavy (non-hydrogen) atoms. The number of hydrogen-bond acceptors (Lipinski definition) is 5. The highest BCUT2D eigenvalue weighted by Gasteiger charge is 2.28. The molecular weight excluding hydrogens is 318 g/mol. The molecule has 2 aromatic rings. The lowest BCUT2D eigenvalue weighted by atomic mass is 9.94. The number of anilines is 1. The van der Waals surface area contributed by atoms with Crippen LogP contribution in [-0.2, 0) is 9.53 Å². The fourth-order valence-electron chi connectivity index (χ4n) is 3.40. The molecule has 0 bridgehead atoms. The summed E-state index contributed by atoms with van der Waals surface area (Å²) in [4.78, 5) is 30.9. The topological polar surface area (TPSA) is 71.5 Å². The molecule has 0 spiro atoms. The molecule has 0 unspecified atom stereocenters. The van der Waals surface area contributed by atoms with Crippen LogP contribution in [-0.4, -0.2) is 43.6 Å². The number of aromatic nitrogens is 1. The van der Waals surface area contributed by atoms with Gasteiger partial charge in [0.05, 0.1) is 17.8 Å². The Morgan fingerprint density at radius 2 is 2.00 bits per heavy atom. The van der Waals surface area contributed by atoms with Crippen molar-refractivity contribution in [1.82, 2.24) is 10.3 Å².